The van der Waals surface area contributed by atoms with Gasteiger partial charge in [0.05, 0.1) is 5.56 Å². The molecule has 432 valence electrons. The van der Waals surface area contributed by atoms with E-state index in [1.165, 1.54) is 12.1 Å². The highest BCUT2D eigenvalue weighted by Gasteiger charge is 2.39. The fraction of sp³-hybridized carbons (Fsp3) is 0.162. The summed E-state index contributed by atoms with van der Waals surface area (Å²) in [7, 11) is 0. The summed E-state index contributed by atoms with van der Waals surface area (Å²) < 4.78 is 66.5. The van der Waals surface area contributed by atoms with E-state index in [4.69, 9.17) is 47.4 Å². The van der Waals surface area contributed by atoms with Gasteiger partial charge >= 0.3 is 11.9 Å². The molecule has 0 saturated heterocycles. The molecule has 12 heteroatoms. The molecule has 0 aromatic heterocycles. The molecule has 86 heavy (non-hydrogen) atoms. The molecular weight excluding hydrogens is 1080 g/mol. The van der Waals surface area contributed by atoms with Gasteiger partial charge in [0.15, 0.2) is 29.1 Å². The Morgan fingerprint density at radius 1 is 0.395 bits per heavy atom. The molecule has 1 heterocycles. The van der Waals surface area contributed by atoms with Gasteiger partial charge in [-0.15, -0.1) is 0 Å². The monoisotopic (exact) mass is 1140 g/mol. The van der Waals surface area contributed by atoms with Gasteiger partial charge in [-0.25, -0.2) is 4.79 Å². The SMILES string of the molecule is CCC(=O)Oc1c(OCc2ccccc2)cc(C(=O)O[C@@H]2Cc3c(OCc4ccccc4)cc(OCc4ccccc4)cc3O[C@@H]2c2cc(OCc3ccccc3)c(OCc3ccccc3)c(OCc3ccccc3)c2)cc1OCc1ccccc1. The molecule has 11 rings (SSSR count). The number of esters is 2. The molecule has 0 spiro atoms. The van der Waals surface area contributed by atoms with Gasteiger partial charge in [-0.3, -0.25) is 4.79 Å². The van der Waals surface area contributed by atoms with E-state index in [9.17, 15) is 4.79 Å². The van der Waals surface area contributed by atoms with Gasteiger partial charge in [-0.1, -0.05) is 219 Å². The average Bonchev–Trinajstić information content (AvgIpc) is 2.50. The Morgan fingerprint density at radius 3 is 1.13 bits per heavy atom. The van der Waals surface area contributed by atoms with Gasteiger partial charge in [-0.05, 0) is 63.2 Å². The van der Waals surface area contributed by atoms with Crippen molar-refractivity contribution in [2.75, 3.05) is 0 Å². The second kappa shape index (κ2) is 28.7. The molecule has 0 saturated carbocycles. The van der Waals surface area contributed by atoms with Gasteiger partial charge in [0.1, 0.15) is 69.6 Å². The Labute approximate surface area is 501 Å². The van der Waals surface area contributed by atoms with E-state index >= 15 is 4.79 Å². The highest BCUT2D eigenvalue weighted by Crippen LogP contribution is 2.49. The molecule has 10 aromatic carbocycles. The van der Waals surface area contributed by atoms with Gasteiger partial charge in [-0.2, -0.15) is 0 Å². The predicted molar refractivity (Wildman–Crippen MR) is 327 cm³/mol. The minimum Gasteiger partial charge on any atom is -0.489 e. The van der Waals surface area contributed by atoms with Crippen molar-refractivity contribution in [1.29, 1.82) is 0 Å². The van der Waals surface area contributed by atoms with Crippen LogP contribution in [0.5, 0.6) is 51.7 Å². The number of benzene rings is 10. The van der Waals surface area contributed by atoms with Crippen LogP contribution in [0.15, 0.2) is 249 Å². The summed E-state index contributed by atoms with van der Waals surface area (Å²) in [4.78, 5) is 28.6. The normalized spacial score (nSPS) is 13.2. The van der Waals surface area contributed by atoms with Crippen molar-refractivity contribution in [3.8, 4) is 51.7 Å². The van der Waals surface area contributed by atoms with Crippen molar-refractivity contribution in [2.24, 2.45) is 0 Å². The lowest BCUT2D eigenvalue weighted by Crippen LogP contribution is -2.35. The van der Waals surface area contributed by atoms with Crippen LogP contribution >= 0.6 is 0 Å². The van der Waals surface area contributed by atoms with E-state index in [0.717, 1.165) is 38.9 Å². The van der Waals surface area contributed by atoms with Crippen molar-refractivity contribution in [2.45, 2.75) is 78.2 Å². The number of fused-ring (bicyclic) bond motifs is 1. The number of carbonyl (C=O) groups is 2. The number of hydrogen-bond donors (Lipinski definition) is 0. The van der Waals surface area contributed by atoms with Gasteiger partial charge in [0, 0.05) is 36.1 Å². The first kappa shape index (κ1) is 57.4. The summed E-state index contributed by atoms with van der Waals surface area (Å²) in [5.41, 5.74) is 7.65. The van der Waals surface area contributed by atoms with Crippen LogP contribution in [0.2, 0.25) is 0 Å². The molecule has 10 aromatic rings. The number of carbonyl (C=O) groups excluding carboxylic acids is 2. The molecule has 0 N–H and O–H groups in total. The van der Waals surface area contributed by atoms with Gasteiger partial charge in [0.25, 0.3) is 0 Å². The lowest BCUT2D eigenvalue weighted by molar-refractivity contribution is -0.134. The second-order valence-electron chi connectivity index (χ2n) is 20.5. The Balaban J connectivity index is 1.04. The van der Waals surface area contributed by atoms with Crippen molar-refractivity contribution in [3.63, 3.8) is 0 Å². The maximum atomic E-state index is 15.4. The van der Waals surface area contributed by atoms with Crippen LogP contribution in [0.1, 0.15) is 79.9 Å². The van der Waals surface area contributed by atoms with Crippen LogP contribution in [0.4, 0.5) is 0 Å². The molecule has 0 amide bonds. The Morgan fingerprint density at radius 2 is 0.744 bits per heavy atom. The van der Waals surface area contributed by atoms with Crippen molar-refractivity contribution >= 4 is 11.9 Å². The van der Waals surface area contributed by atoms with Crippen LogP contribution in [0.25, 0.3) is 0 Å². The molecule has 0 fully saturated rings. The average molecular weight is 1150 g/mol. The number of ether oxygens (including phenoxy) is 10. The van der Waals surface area contributed by atoms with E-state index in [1.54, 1.807) is 6.92 Å². The van der Waals surface area contributed by atoms with Crippen molar-refractivity contribution in [1.82, 2.24) is 0 Å². The Bertz CT molecular complexity index is 3660. The summed E-state index contributed by atoms with van der Waals surface area (Å²) in [5, 5.41) is 0. The third-order valence-electron chi connectivity index (χ3n) is 14.2. The highest BCUT2D eigenvalue weighted by atomic mass is 16.6. The third kappa shape index (κ3) is 15.4. The van der Waals surface area contributed by atoms with Gasteiger partial charge < -0.3 is 47.4 Å². The van der Waals surface area contributed by atoms with E-state index in [0.29, 0.717) is 45.6 Å². The zero-order valence-corrected chi connectivity index (χ0v) is 47.6. The number of hydrogen-bond acceptors (Lipinski definition) is 12. The van der Waals surface area contributed by atoms with Crippen LogP contribution < -0.4 is 42.6 Å². The molecule has 0 bridgehead atoms. The first-order chi connectivity index (χ1) is 42.4. The second-order valence-corrected chi connectivity index (χ2v) is 20.5. The topological polar surface area (TPSA) is 126 Å². The van der Waals surface area contributed by atoms with E-state index in [-0.39, 0.29) is 81.9 Å². The van der Waals surface area contributed by atoms with Crippen LogP contribution in [0, 0.1) is 0 Å². The highest BCUT2D eigenvalue weighted by molar-refractivity contribution is 5.92. The fourth-order valence-corrected chi connectivity index (χ4v) is 9.69. The molecule has 1 aliphatic rings. The summed E-state index contributed by atoms with van der Waals surface area (Å²) in [6, 6.07) is 78.9. The smallest absolute Gasteiger partial charge is 0.338 e. The minimum atomic E-state index is -1.05. The molecule has 1 aliphatic heterocycles. The van der Waals surface area contributed by atoms with Crippen LogP contribution in [-0.4, -0.2) is 18.0 Å². The maximum absolute atomic E-state index is 15.4. The fourth-order valence-electron chi connectivity index (χ4n) is 9.69. The lowest BCUT2D eigenvalue weighted by atomic mass is 9.93. The largest absolute Gasteiger partial charge is 0.489 e. The molecule has 0 radical (unpaired) electrons. The van der Waals surface area contributed by atoms with Gasteiger partial charge in [0.2, 0.25) is 11.5 Å². The summed E-state index contributed by atoms with van der Waals surface area (Å²) in [6.07, 6.45) is -1.89. The molecular formula is C74H64O12. The molecule has 12 nitrogen and oxygen atoms in total. The van der Waals surface area contributed by atoms with E-state index in [1.807, 2.05) is 237 Å². The minimum absolute atomic E-state index is 0.0270. The molecule has 0 aliphatic carbocycles. The van der Waals surface area contributed by atoms with Crippen molar-refractivity contribution < 1.29 is 57.0 Å². The van der Waals surface area contributed by atoms with Crippen LogP contribution in [-0.2, 0) is 62.2 Å². The number of rotatable bonds is 26. The lowest BCUT2D eigenvalue weighted by Gasteiger charge is -2.35. The zero-order valence-electron chi connectivity index (χ0n) is 47.6. The first-order valence-corrected chi connectivity index (χ1v) is 28.7. The first-order valence-electron chi connectivity index (χ1n) is 28.7. The quantitative estimate of drug-likeness (QED) is 0.0378. The molecule has 0 unspecified atom stereocenters. The summed E-state index contributed by atoms with van der Waals surface area (Å²) in [5.74, 6) is 1.50. The molecule has 2 atom stereocenters. The standard InChI is InChI=1S/C74H64O12/c1-2-70(75)86-73-67(81-49-56-32-18-7-19-33-56)40-60(41-68(73)82-50-57-34-20-8-21-35-57)74(76)85-69-44-62-63(78-46-53-26-12-4-13-27-53)42-61(77-45-52-24-10-3-11-25-52)43-64(62)84-71(69)59-38-65(79-47-54-28-14-5-15-29-54)72(83-51-58-36-22-9-23-37-58)66(39-59)80-48-55-30-16-6-17-31-55/h3-43,69,71H,2,44-51H2,1H3/t69-,71-/m1/s1. The van der Waals surface area contributed by atoms with Crippen LogP contribution in [0.3, 0.4) is 0 Å². The predicted octanol–water partition coefficient (Wildman–Crippen LogP) is 16.0. The van der Waals surface area contributed by atoms with Crippen molar-refractivity contribution in [3.05, 3.63) is 304 Å². The third-order valence-corrected chi connectivity index (χ3v) is 14.2. The van der Waals surface area contributed by atoms with E-state index < -0.39 is 24.1 Å². The maximum Gasteiger partial charge on any atom is 0.338 e. The Kier molecular flexibility index (Phi) is 19.1. The summed E-state index contributed by atoms with van der Waals surface area (Å²) >= 11 is 0. The zero-order chi connectivity index (χ0) is 58.7. The van der Waals surface area contributed by atoms with E-state index in [2.05, 4.69) is 0 Å². The Hall–Kier alpha value is -10.5. The summed E-state index contributed by atoms with van der Waals surface area (Å²) in [6.45, 7) is 2.95.